The average molecular weight is 844 g/mol. The van der Waals surface area contributed by atoms with Gasteiger partial charge in [-0.05, 0) is 67.8 Å². The number of piperidine rings is 2. The van der Waals surface area contributed by atoms with E-state index in [1.165, 1.54) is 10.9 Å². The number of oxazole rings is 1. The predicted octanol–water partition coefficient (Wildman–Crippen LogP) is 4.55. The Labute approximate surface area is 358 Å². The summed E-state index contributed by atoms with van der Waals surface area (Å²) in [5, 5.41) is 20.0. The number of benzene rings is 3. The number of amides is 2. The van der Waals surface area contributed by atoms with Gasteiger partial charge in [-0.1, -0.05) is 48.0 Å². The Hall–Kier alpha value is -5.51. The minimum Gasteiger partial charge on any atom is -0.444 e. The van der Waals surface area contributed by atoms with Crippen molar-refractivity contribution in [2.24, 2.45) is 5.92 Å². The lowest BCUT2D eigenvalue weighted by atomic mass is 9.79. The Morgan fingerprint density at radius 2 is 1.70 bits per heavy atom. The monoisotopic (exact) mass is 843 g/mol. The van der Waals surface area contributed by atoms with E-state index >= 15 is 0 Å². The van der Waals surface area contributed by atoms with Gasteiger partial charge in [0.2, 0.25) is 11.8 Å². The van der Waals surface area contributed by atoms with Gasteiger partial charge in [0.05, 0.1) is 45.6 Å². The molecule has 6 heterocycles. The van der Waals surface area contributed by atoms with Crippen LogP contribution in [0.5, 0.6) is 0 Å². The second-order valence-corrected chi connectivity index (χ2v) is 17.0. The molecule has 3 aromatic carbocycles. The third kappa shape index (κ3) is 9.09. The number of hydrogen-bond donors (Lipinski definition) is 3. The largest absolute Gasteiger partial charge is 0.444 e. The van der Waals surface area contributed by atoms with E-state index in [0.717, 1.165) is 61.5 Å². The Balaban J connectivity index is 0.801. The molecular formula is C46H50ClN9O5. The molecule has 0 spiro atoms. The smallest absolute Gasteiger partial charge is 0.261 e. The molecule has 0 unspecified atom stereocenters. The molecule has 6 aromatic rings. The fraction of sp³-hybridized carbons (Fsp3) is 0.391. The Morgan fingerprint density at radius 1 is 0.918 bits per heavy atom. The molecule has 2 amide bonds. The van der Waals surface area contributed by atoms with Crippen molar-refractivity contribution in [2.45, 2.75) is 43.9 Å². The second kappa shape index (κ2) is 17.8. The Bertz CT molecular complexity index is 2590. The fourth-order valence-corrected chi connectivity index (χ4v) is 9.32. The van der Waals surface area contributed by atoms with E-state index in [-0.39, 0.29) is 35.8 Å². The number of halogens is 1. The molecule has 3 saturated heterocycles. The molecule has 316 valence electrons. The van der Waals surface area contributed by atoms with Crippen LogP contribution in [0.2, 0.25) is 5.02 Å². The zero-order valence-corrected chi connectivity index (χ0v) is 34.8. The summed E-state index contributed by atoms with van der Waals surface area (Å²) in [6.45, 7) is 7.95. The van der Waals surface area contributed by atoms with Crippen molar-refractivity contribution in [2.75, 3.05) is 65.4 Å². The van der Waals surface area contributed by atoms with Crippen LogP contribution in [0.1, 0.15) is 46.8 Å². The van der Waals surface area contributed by atoms with E-state index in [9.17, 15) is 19.5 Å². The highest BCUT2D eigenvalue weighted by Gasteiger charge is 2.41. The van der Waals surface area contributed by atoms with Crippen molar-refractivity contribution in [3.63, 3.8) is 0 Å². The van der Waals surface area contributed by atoms with E-state index in [4.69, 9.17) is 21.0 Å². The molecule has 0 radical (unpaired) electrons. The van der Waals surface area contributed by atoms with Crippen molar-refractivity contribution in [3.8, 4) is 11.5 Å². The third-order valence-electron chi connectivity index (χ3n) is 12.6. The minimum atomic E-state index is -1.17. The van der Waals surface area contributed by atoms with Crippen LogP contribution in [0.25, 0.3) is 33.3 Å². The van der Waals surface area contributed by atoms with E-state index in [0.29, 0.717) is 84.9 Å². The van der Waals surface area contributed by atoms with Crippen LogP contribution >= 0.6 is 11.6 Å². The van der Waals surface area contributed by atoms with Gasteiger partial charge in [0.1, 0.15) is 6.26 Å². The summed E-state index contributed by atoms with van der Waals surface area (Å²) in [4.78, 5) is 61.2. The summed E-state index contributed by atoms with van der Waals surface area (Å²) in [5.41, 5.74) is 3.03. The van der Waals surface area contributed by atoms with Gasteiger partial charge in [0.25, 0.3) is 11.5 Å². The number of hydrogen-bond acceptors (Lipinski definition) is 11. The number of aliphatic hydroxyl groups is 1. The number of fused-ring (bicyclic) bond motifs is 2. The first-order valence-corrected chi connectivity index (χ1v) is 21.6. The molecule has 9 rings (SSSR count). The van der Waals surface area contributed by atoms with Gasteiger partial charge in [-0.2, -0.15) is 0 Å². The number of nitrogens with one attached hydrogen (secondary N) is 2. The number of aromatic nitrogens is 4. The van der Waals surface area contributed by atoms with Crippen LogP contribution in [0.4, 0.5) is 0 Å². The predicted molar refractivity (Wildman–Crippen MR) is 233 cm³/mol. The van der Waals surface area contributed by atoms with Crippen LogP contribution in [0, 0.1) is 5.92 Å². The topological polar surface area (TPSA) is 162 Å². The van der Waals surface area contributed by atoms with E-state index in [2.05, 4.69) is 42.5 Å². The van der Waals surface area contributed by atoms with Crippen LogP contribution in [0.15, 0.2) is 101 Å². The van der Waals surface area contributed by atoms with Crippen LogP contribution < -0.4 is 16.2 Å². The van der Waals surface area contributed by atoms with Crippen molar-refractivity contribution >= 4 is 45.2 Å². The van der Waals surface area contributed by atoms with E-state index in [1.807, 2.05) is 41.3 Å². The molecular weight excluding hydrogens is 794 g/mol. The quantitative estimate of drug-likeness (QED) is 0.168. The van der Waals surface area contributed by atoms with Gasteiger partial charge in [0.15, 0.2) is 0 Å². The van der Waals surface area contributed by atoms with Gasteiger partial charge < -0.3 is 30.0 Å². The molecule has 3 aliphatic heterocycles. The maximum absolute atomic E-state index is 14.3. The maximum Gasteiger partial charge on any atom is 0.261 e. The number of piperazine rings is 1. The molecule has 0 saturated carbocycles. The molecule has 61 heavy (non-hydrogen) atoms. The SMILES string of the molecule is O=C(NCCN1CC[C@@H](C(=O)N2CCC(O)(Cn3cnc4cc(-c5nc(CN6CCNCC6)co5)ccc4c3=O)CC2)[C@H](c2ccccc2)C1)c1ccc2c(Cl)ccnc2c1. The molecule has 3 aliphatic rings. The zero-order chi connectivity index (χ0) is 41.9. The molecule has 2 atom stereocenters. The molecule has 0 aliphatic carbocycles. The van der Waals surface area contributed by atoms with Gasteiger partial charge in [-0.3, -0.25) is 28.8 Å². The molecule has 14 nitrogen and oxygen atoms in total. The Kier molecular flexibility index (Phi) is 12.0. The number of nitrogens with zero attached hydrogens (tertiary/aromatic N) is 7. The van der Waals surface area contributed by atoms with Crippen LogP contribution in [-0.2, 0) is 17.9 Å². The Morgan fingerprint density at radius 3 is 2.52 bits per heavy atom. The summed E-state index contributed by atoms with van der Waals surface area (Å²) in [7, 11) is 0. The zero-order valence-electron chi connectivity index (χ0n) is 34.0. The first-order chi connectivity index (χ1) is 29.7. The maximum atomic E-state index is 14.3. The van der Waals surface area contributed by atoms with Gasteiger partial charge in [-0.15, -0.1) is 0 Å². The van der Waals surface area contributed by atoms with Gasteiger partial charge in [0, 0.05) is 100.0 Å². The number of likely N-dealkylation sites (tertiary alicyclic amines) is 2. The highest BCUT2D eigenvalue weighted by molar-refractivity contribution is 6.35. The molecule has 3 aromatic heterocycles. The summed E-state index contributed by atoms with van der Waals surface area (Å²) in [6, 6.07) is 22.6. The van der Waals surface area contributed by atoms with Crippen LogP contribution in [0.3, 0.4) is 0 Å². The molecule has 0 bridgehead atoms. The van der Waals surface area contributed by atoms with E-state index < -0.39 is 5.60 Å². The second-order valence-electron chi connectivity index (χ2n) is 16.6. The summed E-state index contributed by atoms with van der Waals surface area (Å²) >= 11 is 6.28. The molecule has 3 N–H and O–H groups in total. The van der Waals surface area contributed by atoms with Crippen molar-refractivity contribution in [3.05, 3.63) is 124 Å². The van der Waals surface area contributed by atoms with Crippen molar-refractivity contribution in [1.82, 2.24) is 44.9 Å². The highest BCUT2D eigenvalue weighted by Crippen LogP contribution is 2.35. The summed E-state index contributed by atoms with van der Waals surface area (Å²) < 4.78 is 7.29. The normalized spacial score (nSPS) is 19.9. The van der Waals surface area contributed by atoms with E-state index in [1.54, 1.807) is 36.7 Å². The molecule has 3 fully saturated rings. The highest BCUT2D eigenvalue weighted by atomic mass is 35.5. The number of carbonyl (C=O) groups excluding carboxylic acids is 2. The number of pyridine rings is 1. The number of rotatable bonds is 11. The first kappa shape index (κ1) is 40.9. The first-order valence-electron chi connectivity index (χ1n) is 21.2. The lowest BCUT2D eigenvalue weighted by Crippen LogP contribution is -2.53. The fourth-order valence-electron chi connectivity index (χ4n) is 9.11. The third-order valence-corrected chi connectivity index (χ3v) is 12.9. The lowest BCUT2D eigenvalue weighted by Gasteiger charge is -2.43. The number of carbonyl (C=O) groups is 2. The van der Waals surface area contributed by atoms with Gasteiger partial charge >= 0.3 is 0 Å². The summed E-state index contributed by atoms with van der Waals surface area (Å²) in [6.07, 6.45) is 6.18. The van der Waals surface area contributed by atoms with Gasteiger partial charge in [-0.25, -0.2) is 9.97 Å². The lowest BCUT2D eigenvalue weighted by molar-refractivity contribution is -0.142. The van der Waals surface area contributed by atoms with Crippen molar-refractivity contribution < 1.29 is 19.1 Å². The summed E-state index contributed by atoms with van der Waals surface area (Å²) in [5.74, 6) is 0.159. The average Bonchev–Trinajstić information content (AvgIpc) is 3.76. The molecule has 15 heteroatoms. The standard InChI is InChI=1S/C46H50ClN9O5/c47-39-10-14-49-40-24-32(6-8-36(39)40)42(57)50-17-23-53-18-11-35(38(27-53)31-4-2-1-3-5-31)44(58)55-19-12-46(60,13-20-55)29-56-30-51-41-25-33(7-9-37(41)45(56)59)43-52-34(28-61-43)26-54-21-15-48-16-22-54/h1-10,14,24-25,28,30,35,38,48,60H,11-13,15-23,26-27,29H2,(H,50,57)/t35-,38+/m1/s1. The van der Waals surface area contributed by atoms with Crippen molar-refractivity contribution in [1.29, 1.82) is 0 Å². The minimum absolute atomic E-state index is 0.0269. The van der Waals surface area contributed by atoms with Crippen LogP contribution in [-0.4, -0.2) is 122 Å².